The Morgan fingerprint density at radius 2 is 0.816 bits per heavy atom. The first kappa shape index (κ1) is 11.3. The lowest BCUT2D eigenvalue weighted by Crippen LogP contribution is -1.91. The van der Waals surface area contributed by atoms with Crippen LogP contribution in [0.5, 0.6) is 0 Å². The van der Waals surface area contributed by atoms with Gasteiger partial charge >= 0.3 is 0 Å². The Hall–Kier alpha value is -6.44. The first-order chi connectivity index (χ1) is 36.4. The van der Waals surface area contributed by atoms with Gasteiger partial charge < -0.3 is 4.42 Å². The van der Waals surface area contributed by atoms with Gasteiger partial charge in [0.2, 0.25) is 0 Å². The van der Waals surface area contributed by atoms with Crippen molar-refractivity contribution in [2.75, 3.05) is 0 Å². The monoisotopic (exact) mass is 651 g/mol. The van der Waals surface area contributed by atoms with E-state index in [-0.39, 0.29) is 5.39 Å². The van der Waals surface area contributed by atoms with Crippen LogP contribution in [0, 0.1) is 0 Å². The molecule has 228 valence electrons. The molecule has 1 heterocycles. The molecule has 0 aliphatic carbocycles. The first-order valence-electron chi connectivity index (χ1n) is 29.0. The molecule has 1 nitrogen and oxygen atoms in total. The smallest absolute Gasteiger partial charge is 0.136 e. The zero-order chi connectivity index (χ0) is 57.5. The molecule has 0 aliphatic rings. The van der Waals surface area contributed by atoms with Crippen molar-refractivity contribution in [3.63, 3.8) is 0 Å². The minimum atomic E-state index is -1.08. The average molecular weight is 652 g/mol. The van der Waals surface area contributed by atoms with E-state index in [0.29, 0.717) is 0 Å². The highest BCUT2D eigenvalue weighted by Crippen LogP contribution is 2.48. The lowest BCUT2D eigenvalue weighted by Gasteiger charge is -2.18. The highest BCUT2D eigenvalue weighted by molar-refractivity contribution is 6.27. The molecule has 0 bridgehead atoms. The summed E-state index contributed by atoms with van der Waals surface area (Å²) < 4.78 is 268. The van der Waals surface area contributed by atoms with Gasteiger partial charge in [0, 0.05) is 10.8 Å². The summed E-state index contributed by atoms with van der Waals surface area (Å²) in [6.07, 6.45) is 0. The Balaban J connectivity index is 1.51. The van der Waals surface area contributed by atoms with Crippen molar-refractivity contribution in [3.8, 4) is 44.5 Å². The van der Waals surface area contributed by atoms with Crippen LogP contribution in [0.1, 0.15) is 39.8 Å². The van der Waals surface area contributed by atoms with Gasteiger partial charge in [-0.05, 0) is 88.9 Å². The lowest BCUT2D eigenvalue weighted by atomic mass is 9.84. The number of fused-ring (bicyclic) bond motifs is 6. The van der Waals surface area contributed by atoms with Crippen LogP contribution in [-0.2, 0) is 0 Å². The third-order valence-electron chi connectivity index (χ3n) is 8.03. The zero-order valence-electron chi connectivity index (χ0n) is 53.5. The van der Waals surface area contributed by atoms with Crippen LogP contribution in [0.25, 0.3) is 98.8 Å². The van der Waals surface area contributed by atoms with Crippen LogP contribution in [0.15, 0.2) is 186 Å². The molecule has 1 heteroatoms. The molecule has 0 saturated carbocycles. The maximum absolute atomic E-state index is 9.65. The van der Waals surface area contributed by atoms with Crippen molar-refractivity contribution in [3.05, 3.63) is 181 Å². The Morgan fingerprint density at radius 1 is 0.327 bits per heavy atom. The molecule has 10 aromatic rings. The number of benzene rings is 9. The topological polar surface area (TPSA) is 13.1 Å². The molecule has 10 rings (SSSR count). The summed E-state index contributed by atoms with van der Waals surface area (Å²) in [7, 11) is 0. The third-order valence-corrected chi connectivity index (χ3v) is 8.03. The van der Waals surface area contributed by atoms with E-state index in [1.54, 1.807) is 0 Å². The molecule has 9 aromatic carbocycles. The summed E-state index contributed by atoms with van der Waals surface area (Å²) in [4.78, 5) is 0. The maximum Gasteiger partial charge on any atom is 0.136 e. The van der Waals surface area contributed by atoms with Crippen LogP contribution >= 0.6 is 0 Å². The standard InChI is InChI=1S/C48H30O/c1-2-13-32(14-3-1)37-23-11-25-43-47(37)48-42(24-12-26-44(48)49-43)46-40-20-8-6-18-38(40)45(39-19-7-9-21-41(39)46)34-29-27-33(28-30-34)36-22-10-16-31-15-4-5-17-35(31)36/h1-30H/i1D,2D,3D,4D,5D,6D,7D,8D,9D,10D,11D,12D,13D,14D,15D,16D,18D,19D,20D,21D,22D,23D,24D,25D,26D,27D,28D,29D,30D. The number of hydrogen-bond acceptors (Lipinski definition) is 1. The van der Waals surface area contributed by atoms with E-state index in [1.807, 2.05) is 0 Å². The van der Waals surface area contributed by atoms with Crippen molar-refractivity contribution >= 4 is 54.3 Å². The molecule has 49 heavy (non-hydrogen) atoms. The molecule has 1 aromatic heterocycles. The highest BCUT2D eigenvalue weighted by Gasteiger charge is 2.21. The number of furan rings is 1. The first-order valence-corrected chi connectivity index (χ1v) is 14.5. The summed E-state index contributed by atoms with van der Waals surface area (Å²) in [5.74, 6) is 0. The van der Waals surface area contributed by atoms with Crippen LogP contribution in [0.4, 0.5) is 0 Å². The van der Waals surface area contributed by atoms with Gasteiger partial charge in [-0.2, -0.15) is 0 Å². The highest BCUT2D eigenvalue weighted by atomic mass is 16.3. The van der Waals surface area contributed by atoms with E-state index in [9.17, 15) is 13.7 Å². The molecule has 0 atom stereocenters. The molecule has 0 radical (unpaired) electrons. The van der Waals surface area contributed by atoms with E-state index >= 15 is 0 Å². The zero-order valence-corrected chi connectivity index (χ0v) is 24.5. The van der Waals surface area contributed by atoms with Gasteiger partial charge in [-0.1, -0.05) is 169 Å². The second-order valence-corrected chi connectivity index (χ2v) is 10.6. The van der Waals surface area contributed by atoms with E-state index in [2.05, 4.69) is 0 Å². The maximum atomic E-state index is 9.65. The fraction of sp³-hybridized carbons (Fsp3) is 0. The molecule has 0 saturated heterocycles. The van der Waals surface area contributed by atoms with Crippen LogP contribution in [-0.4, -0.2) is 0 Å². The molecule has 0 N–H and O–H groups in total. The summed E-state index contributed by atoms with van der Waals surface area (Å²) in [6.45, 7) is 0. The normalized spacial score (nSPS) is 20.0. The Morgan fingerprint density at radius 3 is 1.51 bits per heavy atom. The Bertz CT molecular complexity index is 4390. The van der Waals surface area contributed by atoms with Crippen molar-refractivity contribution in [1.29, 1.82) is 0 Å². The lowest BCUT2D eigenvalue weighted by molar-refractivity contribution is 0.669. The second-order valence-electron chi connectivity index (χ2n) is 10.6. The van der Waals surface area contributed by atoms with E-state index < -0.39 is 269 Å². The molecular weight excluding hydrogens is 593 g/mol. The van der Waals surface area contributed by atoms with E-state index in [0.717, 1.165) is 6.07 Å². The van der Waals surface area contributed by atoms with Gasteiger partial charge in [-0.3, -0.25) is 0 Å². The van der Waals surface area contributed by atoms with Crippen molar-refractivity contribution < 1.29 is 44.2 Å². The Kier molecular flexibility index (Phi) is 2.56. The van der Waals surface area contributed by atoms with Gasteiger partial charge in [0.15, 0.2) is 0 Å². The van der Waals surface area contributed by atoms with Crippen molar-refractivity contribution in [1.82, 2.24) is 0 Å². The van der Waals surface area contributed by atoms with Crippen LogP contribution in [0.3, 0.4) is 0 Å². The Labute approximate surface area is 325 Å². The van der Waals surface area contributed by atoms with E-state index in [4.69, 9.17) is 30.5 Å². The average Bonchev–Trinajstić information content (AvgIpc) is 3.86. The SMILES string of the molecule is [2H]c1cc2c(-c3c([2H])c([2H])c(-c4c5c([2H])c([2H])c([2H])c([2H])c5c(-c5c([2H])c([2H])c([2H])c6oc7c([2H])c([2H])c([2H])c(-c8c([2H])c([2H])c([2H])c([2H])c8[2H])c7c56)c5c([2H])c([2H])c([2H])c([2H])c45)c([2H])c3[2H])c([2H])c([2H])c([2H])c2c([2H])c1[2H]. The quantitative estimate of drug-likeness (QED) is 0.173. The van der Waals surface area contributed by atoms with Gasteiger partial charge in [-0.15, -0.1) is 0 Å². The summed E-state index contributed by atoms with van der Waals surface area (Å²) in [5.41, 5.74) is -7.37. The van der Waals surface area contributed by atoms with Crippen molar-refractivity contribution in [2.45, 2.75) is 0 Å². The molecule has 0 amide bonds. The summed E-state index contributed by atoms with van der Waals surface area (Å²) >= 11 is 0. The van der Waals surface area contributed by atoms with Crippen LogP contribution < -0.4 is 0 Å². The fourth-order valence-corrected chi connectivity index (χ4v) is 6.01. The second kappa shape index (κ2) is 11.1. The van der Waals surface area contributed by atoms with Gasteiger partial charge in [0.1, 0.15) is 11.2 Å². The predicted octanol–water partition coefficient (Wildman–Crippen LogP) is 13.7. The minimum Gasteiger partial charge on any atom is -0.456 e. The summed E-state index contributed by atoms with van der Waals surface area (Å²) in [5, 5.41) is -5.14. The largest absolute Gasteiger partial charge is 0.456 e. The molecule has 0 unspecified atom stereocenters. The number of hydrogen-bond donors (Lipinski definition) is 0. The third kappa shape index (κ3) is 4.33. The predicted molar refractivity (Wildman–Crippen MR) is 208 cm³/mol. The van der Waals surface area contributed by atoms with Crippen LogP contribution in [0.2, 0.25) is 0 Å². The number of rotatable bonds is 4. The van der Waals surface area contributed by atoms with Crippen molar-refractivity contribution in [2.24, 2.45) is 0 Å². The molecule has 0 spiro atoms. The van der Waals surface area contributed by atoms with Gasteiger partial charge in [-0.25, -0.2) is 0 Å². The minimum absolute atomic E-state index is 0.343. The molecular formula is C48H30O. The van der Waals surface area contributed by atoms with Gasteiger partial charge in [0.05, 0.1) is 39.8 Å². The fourth-order valence-electron chi connectivity index (χ4n) is 6.01. The molecule has 0 aliphatic heterocycles. The van der Waals surface area contributed by atoms with E-state index in [1.165, 1.54) is 0 Å². The summed E-state index contributed by atoms with van der Waals surface area (Å²) in [6, 6.07) is -26.2. The van der Waals surface area contributed by atoms with Gasteiger partial charge in [0.25, 0.3) is 0 Å². The molecule has 0 fully saturated rings.